The van der Waals surface area contributed by atoms with E-state index in [1.807, 2.05) is 51.2 Å². The van der Waals surface area contributed by atoms with Crippen molar-refractivity contribution >= 4 is 11.6 Å². The summed E-state index contributed by atoms with van der Waals surface area (Å²) in [6.45, 7) is 6.22. The molecule has 0 saturated carbocycles. The average Bonchev–Trinajstić information content (AvgIpc) is 3.11. The first-order valence-corrected chi connectivity index (χ1v) is 9.48. The van der Waals surface area contributed by atoms with Crippen LogP contribution in [0, 0.1) is 0 Å². The quantitative estimate of drug-likeness (QED) is 0.687. The van der Waals surface area contributed by atoms with Crippen molar-refractivity contribution in [3.63, 3.8) is 0 Å². The van der Waals surface area contributed by atoms with Crippen molar-refractivity contribution in [2.75, 3.05) is 38.9 Å². The lowest BCUT2D eigenvalue weighted by Crippen LogP contribution is -3.08. The Labute approximate surface area is 165 Å². The van der Waals surface area contributed by atoms with Gasteiger partial charge in [-0.25, -0.2) is 0 Å². The largest absolute Gasteiger partial charge is 0.490 e. The van der Waals surface area contributed by atoms with Gasteiger partial charge >= 0.3 is 0 Å². The van der Waals surface area contributed by atoms with Gasteiger partial charge in [0.05, 0.1) is 20.3 Å². The van der Waals surface area contributed by atoms with E-state index in [9.17, 15) is 4.79 Å². The molecule has 0 aromatic heterocycles. The molecule has 28 heavy (non-hydrogen) atoms. The fourth-order valence-electron chi connectivity index (χ4n) is 3.07. The maximum atomic E-state index is 12.4. The predicted molar refractivity (Wildman–Crippen MR) is 105 cm³/mol. The zero-order valence-electron chi connectivity index (χ0n) is 16.5. The van der Waals surface area contributed by atoms with Crippen LogP contribution in [0.15, 0.2) is 36.4 Å². The summed E-state index contributed by atoms with van der Waals surface area (Å²) in [5.41, 5.74) is 1.78. The number of ether oxygens (including phenoxy) is 4. The number of likely N-dealkylation sites (N-methyl/N-ethyl adjacent to an activating group) is 1. The van der Waals surface area contributed by atoms with Gasteiger partial charge in [0.2, 0.25) is 6.79 Å². The number of rotatable bonds is 9. The molecule has 7 heteroatoms. The van der Waals surface area contributed by atoms with Crippen LogP contribution in [0.25, 0.3) is 0 Å². The van der Waals surface area contributed by atoms with Gasteiger partial charge in [0, 0.05) is 17.3 Å². The zero-order chi connectivity index (χ0) is 19.9. The van der Waals surface area contributed by atoms with Crippen molar-refractivity contribution in [3.8, 4) is 23.0 Å². The van der Waals surface area contributed by atoms with Crippen molar-refractivity contribution in [1.29, 1.82) is 0 Å². The highest BCUT2D eigenvalue weighted by Crippen LogP contribution is 2.32. The molecule has 150 valence electrons. The molecule has 1 unspecified atom stereocenters. The number of hydrogen-bond donors (Lipinski definition) is 2. The summed E-state index contributed by atoms with van der Waals surface area (Å²) in [5.74, 6) is 2.76. The van der Waals surface area contributed by atoms with E-state index in [-0.39, 0.29) is 12.7 Å². The van der Waals surface area contributed by atoms with Crippen molar-refractivity contribution < 1.29 is 28.6 Å². The maximum absolute atomic E-state index is 12.4. The van der Waals surface area contributed by atoms with Gasteiger partial charge < -0.3 is 29.2 Å². The molecular weight excluding hydrogens is 360 g/mol. The van der Waals surface area contributed by atoms with E-state index >= 15 is 0 Å². The van der Waals surface area contributed by atoms with Crippen molar-refractivity contribution in [2.45, 2.75) is 20.4 Å². The van der Waals surface area contributed by atoms with E-state index < -0.39 is 0 Å². The second kappa shape index (κ2) is 9.32. The lowest BCUT2D eigenvalue weighted by atomic mass is 10.2. The van der Waals surface area contributed by atoms with E-state index in [1.54, 1.807) is 6.07 Å². The highest BCUT2D eigenvalue weighted by Gasteiger charge is 2.16. The van der Waals surface area contributed by atoms with Crippen LogP contribution in [0.3, 0.4) is 0 Å². The third-order valence-electron chi connectivity index (χ3n) is 4.23. The summed E-state index contributed by atoms with van der Waals surface area (Å²) in [5, 5.41) is 2.93. The number of anilines is 1. The summed E-state index contributed by atoms with van der Waals surface area (Å²) in [6.07, 6.45) is 0. The van der Waals surface area contributed by atoms with Crippen LogP contribution < -0.4 is 29.2 Å². The molecular formula is C21H27N2O5+. The van der Waals surface area contributed by atoms with Crippen molar-refractivity contribution in [3.05, 3.63) is 42.0 Å². The molecule has 2 aromatic rings. The minimum absolute atomic E-state index is 0.0650. The van der Waals surface area contributed by atoms with Crippen LogP contribution in [0.5, 0.6) is 23.0 Å². The minimum atomic E-state index is -0.0650. The van der Waals surface area contributed by atoms with Gasteiger partial charge in [-0.2, -0.15) is 0 Å². The number of nitrogens with one attached hydrogen (secondary N) is 2. The SMILES string of the molecule is CCOc1ccc(NC(=O)C[NH+](C)Cc2ccc3c(c2)OCO3)cc1OCC. The molecule has 0 bridgehead atoms. The molecule has 2 N–H and O–H groups in total. The fourth-order valence-corrected chi connectivity index (χ4v) is 3.07. The first-order chi connectivity index (χ1) is 13.6. The van der Waals surface area contributed by atoms with E-state index in [4.69, 9.17) is 18.9 Å². The van der Waals surface area contributed by atoms with E-state index in [0.29, 0.717) is 43.5 Å². The number of amides is 1. The maximum Gasteiger partial charge on any atom is 0.279 e. The second-order valence-electron chi connectivity index (χ2n) is 6.57. The summed E-state index contributed by atoms with van der Waals surface area (Å²) in [4.78, 5) is 13.5. The Morgan fingerprint density at radius 2 is 1.79 bits per heavy atom. The Bertz CT molecular complexity index is 824. The van der Waals surface area contributed by atoms with Crippen molar-refractivity contribution in [2.24, 2.45) is 0 Å². The number of fused-ring (bicyclic) bond motifs is 1. The Morgan fingerprint density at radius 3 is 2.57 bits per heavy atom. The molecule has 0 fully saturated rings. The summed E-state index contributed by atoms with van der Waals surface area (Å²) in [6, 6.07) is 11.3. The molecule has 7 nitrogen and oxygen atoms in total. The zero-order valence-corrected chi connectivity index (χ0v) is 16.5. The highest BCUT2D eigenvalue weighted by molar-refractivity contribution is 5.91. The average molecular weight is 387 g/mol. The molecule has 1 aliphatic heterocycles. The van der Waals surface area contributed by atoms with E-state index in [0.717, 1.165) is 22.0 Å². The number of carbonyl (C=O) groups excluding carboxylic acids is 1. The molecule has 0 aliphatic carbocycles. The number of benzene rings is 2. The van der Waals surface area contributed by atoms with E-state index in [1.165, 1.54) is 0 Å². The first kappa shape index (κ1) is 19.8. The van der Waals surface area contributed by atoms with Gasteiger partial charge in [-0.1, -0.05) is 0 Å². The van der Waals surface area contributed by atoms with Crippen LogP contribution >= 0.6 is 0 Å². The Kier molecular flexibility index (Phi) is 6.60. The monoisotopic (exact) mass is 387 g/mol. The van der Waals surface area contributed by atoms with Crippen LogP contribution in [0.4, 0.5) is 5.69 Å². The van der Waals surface area contributed by atoms with Gasteiger partial charge in [-0.3, -0.25) is 4.79 Å². The molecule has 0 radical (unpaired) electrons. The van der Waals surface area contributed by atoms with Crippen molar-refractivity contribution in [1.82, 2.24) is 0 Å². The first-order valence-electron chi connectivity index (χ1n) is 9.48. The normalized spacial score (nSPS) is 13.1. The van der Waals surface area contributed by atoms with Crippen LogP contribution in [-0.2, 0) is 11.3 Å². The number of hydrogen-bond acceptors (Lipinski definition) is 5. The molecule has 0 spiro atoms. The summed E-state index contributed by atoms with van der Waals surface area (Å²) < 4.78 is 21.9. The molecule has 3 rings (SSSR count). The van der Waals surface area contributed by atoms with Gasteiger partial charge in [0.25, 0.3) is 5.91 Å². The smallest absolute Gasteiger partial charge is 0.279 e. The summed E-state index contributed by atoms with van der Waals surface area (Å²) >= 11 is 0. The highest BCUT2D eigenvalue weighted by atomic mass is 16.7. The van der Waals surface area contributed by atoms with E-state index in [2.05, 4.69) is 5.32 Å². The second-order valence-corrected chi connectivity index (χ2v) is 6.57. The topological polar surface area (TPSA) is 70.5 Å². The molecule has 1 aliphatic rings. The van der Waals surface area contributed by atoms with Gasteiger partial charge in [-0.15, -0.1) is 0 Å². The molecule has 2 aromatic carbocycles. The molecule has 1 amide bonds. The summed E-state index contributed by atoms with van der Waals surface area (Å²) in [7, 11) is 1.98. The van der Waals surface area contributed by atoms with Crippen LogP contribution in [0.2, 0.25) is 0 Å². The molecule has 1 atom stereocenters. The molecule has 0 saturated heterocycles. The third-order valence-corrected chi connectivity index (χ3v) is 4.23. The molecule has 1 heterocycles. The lowest BCUT2D eigenvalue weighted by molar-refractivity contribution is -0.885. The van der Waals surface area contributed by atoms with Gasteiger partial charge in [0.15, 0.2) is 29.5 Å². The number of carbonyl (C=O) groups is 1. The Balaban J connectivity index is 1.56. The number of quaternary nitrogens is 1. The van der Waals surface area contributed by atoms with Crippen LogP contribution in [0.1, 0.15) is 19.4 Å². The third kappa shape index (κ3) is 5.07. The standard InChI is InChI=1S/C21H26N2O5/c1-4-25-17-9-7-16(11-20(17)26-5-2)22-21(24)13-23(3)12-15-6-8-18-19(10-15)28-14-27-18/h6-11H,4-5,12-14H2,1-3H3,(H,22,24)/p+1. The van der Waals surface area contributed by atoms with Crippen LogP contribution in [-0.4, -0.2) is 39.5 Å². The van der Waals surface area contributed by atoms with Gasteiger partial charge in [-0.05, 0) is 44.2 Å². The Hall–Kier alpha value is -2.93. The Morgan fingerprint density at radius 1 is 1.04 bits per heavy atom. The predicted octanol–water partition coefficient (Wildman–Crippen LogP) is 1.87. The lowest BCUT2D eigenvalue weighted by Gasteiger charge is -2.15. The van der Waals surface area contributed by atoms with Gasteiger partial charge in [0.1, 0.15) is 6.54 Å². The fraction of sp³-hybridized carbons (Fsp3) is 0.381. The minimum Gasteiger partial charge on any atom is -0.490 e.